The summed E-state index contributed by atoms with van der Waals surface area (Å²) < 4.78 is 0. The van der Waals surface area contributed by atoms with Crippen molar-refractivity contribution in [3.8, 4) is 11.8 Å². The molecule has 6 heteroatoms. The molecule has 0 aliphatic carbocycles. The van der Waals surface area contributed by atoms with Crippen LogP contribution in [0.25, 0.3) is 0 Å². The Labute approximate surface area is 131 Å². The summed E-state index contributed by atoms with van der Waals surface area (Å²) >= 11 is 2.96. The van der Waals surface area contributed by atoms with Gasteiger partial charge in [-0.15, -0.1) is 22.7 Å². The first-order valence-electron chi connectivity index (χ1n) is 6.49. The largest absolute Gasteiger partial charge is 0.384 e. The van der Waals surface area contributed by atoms with Gasteiger partial charge in [-0.1, -0.05) is 11.8 Å². The lowest BCUT2D eigenvalue weighted by Crippen LogP contribution is -2.24. The maximum absolute atomic E-state index is 12.1. The molecular weight excluding hydrogens is 304 g/mol. The molecule has 110 valence electrons. The van der Waals surface area contributed by atoms with Crippen molar-refractivity contribution in [2.45, 2.75) is 20.3 Å². The van der Waals surface area contributed by atoms with Gasteiger partial charge in [0.25, 0.3) is 5.91 Å². The number of aliphatic hydroxyl groups excluding tert-OH is 1. The highest BCUT2D eigenvalue weighted by Crippen LogP contribution is 2.20. The van der Waals surface area contributed by atoms with E-state index in [1.54, 1.807) is 11.3 Å². The van der Waals surface area contributed by atoms with E-state index in [0.717, 1.165) is 27.6 Å². The minimum Gasteiger partial charge on any atom is -0.384 e. The van der Waals surface area contributed by atoms with Gasteiger partial charge in [-0.05, 0) is 25.5 Å². The highest BCUT2D eigenvalue weighted by Gasteiger charge is 2.11. The fraction of sp³-hybridized carbons (Fsp3) is 0.333. The first-order chi connectivity index (χ1) is 10.1. The Morgan fingerprint density at radius 2 is 2.29 bits per heavy atom. The molecule has 0 radical (unpaired) electrons. The molecule has 2 aromatic rings. The number of thiazole rings is 1. The zero-order chi connectivity index (χ0) is 15.2. The highest BCUT2D eigenvalue weighted by molar-refractivity contribution is 7.14. The van der Waals surface area contributed by atoms with E-state index >= 15 is 0 Å². The predicted molar refractivity (Wildman–Crippen MR) is 85.9 cm³/mol. The Kier molecular flexibility index (Phi) is 5.51. The minimum absolute atomic E-state index is 0.0894. The van der Waals surface area contributed by atoms with Crippen LogP contribution in [0, 0.1) is 25.7 Å². The van der Waals surface area contributed by atoms with E-state index in [0.29, 0.717) is 11.4 Å². The average molecular weight is 320 g/mol. The molecule has 0 atom stereocenters. The van der Waals surface area contributed by atoms with Crippen LogP contribution in [0.1, 0.15) is 30.8 Å². The van der Waals surface area contributed by atoms with Gasteiger partial charge in [0.05, 0.1) is 14.8 Å². The average Bonchev–Trinajstić information content (AvgIpc) is 3.03. The summed E-state index contributed by atoms with van der Waals surface area (Å²) in [7, 11) is 0. The molecule has 0 unspecified atom stereocenters. The van der Waals surface area contributed by atoms with E-state index in [1.807, 2.05) is 25.3 Å². The molecule has 0 aromatic carbocycles. The number of hydrogen-bond donors (Lipinski definition) is 2. The lowest BCUT2D eigenvalue weighted by atomic mass is 10.2. The lowest BCUT2D eigenvalue weighted by Gasteiger charge is -2.01. The number of carbonyl (C=O) groups is 1. The first-order valence-corrected chi connectivity index (χ1v) is 8.19. The van der Waals surface area contributed by atoms with Gasteiger partial charge in [0.2, 0.25) is 0 Å². The molecule has 1 amide bonds. The summed E-state index contributed by atoms with van der Waals surface area (Å²) in [6.45, 7) is 4.27. The van der Waals surface area contributed by atoms with Crippen LogP contribution in [0.2, 0.25) is 0 Å². The van der Waals surface area contributed by atoms with Gasteiger partial charge in [0, 0.05) is 24.0 Å². The Hall–Kier alpha value is -1.68. The number of aliphatic hydroxyl groups is 1. The fourth-order valence-corrected chi connectivity index (χ4v) is 3.47. The molecule has 2 heterocycles. The van der Waals surface area contributed by atoms with E-state index in [4.69, 9.17) is 5.11 Å². The van der Waals surface area contributed by atoms with Gasteiger partial charge >= 0.3 is 0 Å². The van der Waals surface area contributed by atoms with E-state index in [-0.39, 0.29) is 12.5 Å². The second-order valence-corrected chi connectivity index (χ2v) is 6.47. The minimum atomic E-state index is -0.175. The molecule has 2 N–H and O–H groups in total. The third kappa shape index (κ3) is 4.39. The van der Waals surface area contributed by atoms with Crippen LogP contribution in [-0.2, 0) is 6.42 Å². The molecule has 0 fully saturated rings. The van der Waals surface area contributed by atoms with Crippen molar-refractivity contribution in [1.82, 2.24) is 10.3 Å². The summed E-state index contributed by atoms with van der Waals surface area (Å²) in [5.41, 5.74) is 1.98. The smallest absolute Gasteiger partial charge is 0.261 e. The van der Waals surface area contributed by atoms with Crippen LogP contribution in [0.3, 0.4) is 0 Å². The summed E-state index contributed by atoms with van der Waals surface area (Å²) in [5, 5.41) is 14.6. The topological polar surface area (TPSA) is 62.2 Å². The number of thiophene rings is 1. The molecular formula is C15H16N2O2S2. The molecule has 21 heavy (non-hydrogen) atoms. The molecule has 0 aliphatic rings. The van der Waals surface area contributed by atoms with Crippen molar-refractivity contribution in [2.75, 3.05) is 13.2 Å². The normalized spacial score (nSPS) is 10.0. The number of aromatic nitrogens is 1. The molecule has 0 saturated heterocycles. The van der Waals surface area contributed by atoms with Crippen molar-refractivity contribution < 1.29 is 9.90 Å². The van der Waals surface area contributed by atoms with E-state index in [1.165, 1.54) is 11.3 Å². The molecule has 2 rings (SSSR count). The van der Waals surface area contributed by atoms with Gasteiger partial charge in [-0.3, -0.25) is 4.79 Å². The standard InChI is InChI=1S/C15H16N2O2S2/c1-10-8-13(21-12(10)4-3-7-18)15(19)16-6-5-14-17-11(2)9-20-14/h8-9,18H,5-7H2,1-2H3,(H,16,19). The van der Waals surface area contributed by atoms with Crippen molar-refractivity contribution >= 4 is 28.6 Å². The Morgan fingerprint density at radius 1 is 1.48 bits per heavy atom. The second-order valence-electron chi connectivity index (χ2n) is 4.47. The summed E-state index contributed by atoms with van der Waals surface area (Å²) in [4.78, 5) is 17.9. The number of carbonyl (C=O) groups excluding carboxylic acids is 1. The highest BCUT2D eigenvalue weighted by atomic mass is 32.1. The van der Waals surface area contributed by atoms with Gasteiger partial charge in [0.1, 0.15) is 6.61 Å². The maximum Gasteiger partial charge on any atom is 0.261 e. The predicted octanol–water partition coefficient (Wildman–Crippen LogP) is 2.14. The van der Waals surface area contributed by atoms with E-state index < -0.39 is 0 Å². The van der Waals surface area contributed by atoms with Gasteiger partial charge in [-0.25, -0.2) is 4.98 Å². The number of nitrogens with one attached hydrogen (secondary N) is 1. The molecule has 0 saturated carbocycles. The number of aryl methyl sites for hydroxylation is 2. The quantitative estimate of drug-likeness (QED) is 0.849. The maximum atomic E-state index is 12.1. The Morgan fingerprint density at radius 3 is 2.95 bits per heavy atom. The fourth-order valence-electron chi connectivity index (χ4n) is 1.73. The third-order valence-electron chi connectivity index (χ3n) is 2.71. The van der Waals surface area contributed by atoms with Crippen LogP contribution >= 0.6 is 22.7 Å². The molecule has 0 spiro atoms. The van der Waals surface area contributed by atoms with Crippen molar-refractivity contribution in [1.29, 1.82) is 0 Å². The summed E-state index contributed by atoms with van der Waals surface area (Å²) in [5.74, 6) is 5.37. The van der Waals surface area contributed by atoms with Crippen LogP contribution in [0.15, 0.2) is 11.4 Å². The van der Waals surface area contributed by atoms with E-state index in [9.17, 15) is 4.79 Å². The molecule has 0 aliphatic heterocycles. The van der Waals surface area contributed by atoms with Crippen molar-refractivity contribution in [2.24, 2.45) is 0 Å². The van der Waals surface area contributed by atoms with Gasteiger partial charge in [0.15, 0.2) is 0 Å². The van der Waals surface area contributed by atoms with Crippen LogP contribution in [0.4, 0.5) is 0 Å². The van der Waals surface area contributed by atoms with Crippen molar-refractivity contribution in [3.63, 3.8) is 0 Å². The summed E-state index contributed by atoms with van der Waals surface area (Å²) in [6, 6.07) is 1.83. The zero-order valence-corrected chi connectivity index (χ0v) is 13.5. The number of amides is 1. The Bertz CT molecular complexity index is 692. The van der Waals surface area contributed by atoms with Gasteiger partial charge < -0.3 is 10.4 Å². The molecule has 0 bridgehead atoms. The SMILES string of the molecule is Cc1csc(CCNC(=O)c2cc(C)c(C#CCO)s2)n1. The Balaban J connectivity index is 1.91. The third-order valence-corrected chi connectivity index (χ3v) is 4.89. The van der Waals surface area contributed by atoms with Crippen LogP contribution < -0.4 is 5.32 Å². The molecule has 2 aromatic heterocycles. The second kappa shape index (κ2) is 7.36. The lowest BCUT2D eigenvalue weighted by molar-refractivity contribution is 0.0958. The number of rotatable bonds is 4. The summed E-state index contributed by atoms with van der Waals surface area (Å²) in [6.07, 6.45) is 0.742. The van der Waals surface area contributed by atoms with Crippen LogP contribution in [0.5, 0.6) is 0 Å². The number of nitrogens with zero attached hydrogens (tertiary/aromatic N) is 1. The van der Waals surface area contributed by atoms with E-state index in [2.05, 4.69) is 22.1 Å². The number of hydrogen-bond acceptors (Lipinski definition) is 5. The molecule has 4 nitrogen and oxygen atoms in total. The van der Waals surface area contributed by atoms with Crippen molar-refractivity contribution in [3.05, 3.63) is 37.5 Å². The zero-order valence-electron chi connectivity index (χ0n) is 11.9. The monoisotopic (exact) mass is 320 g/mol. The van der Waals surface area contributed by atoms with Gasteiger partial charge in [-0.2, -0.15) is 0 Å². The first kappa shape index (κ1) is 15.7. The van der Waals surface area contributed by atoms with Crippen LogP contribution in [-0.4, -0.2) is 29.1 Å².